The molecular weight excluding hydrogens is 789 g/mol. The Labute approximate surface area is 368 Å². The number of Topliss-reactive ketones (excluding diaryl/α,β-unsaturated/α-hetero) is 1. The van der Waals surface area contributed by atoms with Gasteiger partial charge < -0.3 is 28.7 Å². The van der Waals surface area contributed by atoms with Crippen LogP contribution in [0.2, 0.25) is 0 Å². The second-order valence-electron chi connectivity index (χ2n) is 19.3. The summed E-state index contributed by atoms with van der Waals surface area (Å²) in [6, 6.07) is 28.0. The highest BCUT2D eigenvalue weighted by atomic mass is 16.6. The van der Waals surface area contributed by atoms with Gasteiger partial charge in [0.05, 0.1) is 29.9 Å². The van der Waals surface area contributed by atoms with Crippen molar-refractivity contribution in [1.29, 1.82) is 0 Å². The number of amides is 2. The Balaban J connectivity index is 0.000000135. The third kappa shape index (κ3) is 4.68. The molecule has 14 rings (SSSR count). The number of hydrogen-bond acceptors (Lipinski definition) is 7. The van der Waals surface area contributed by atoms with Crippen molar-refractivity contribution in [3.8, 4) is 11.5 Å². The fourth-order valence-electron chi connectivity index (χ4n) is 14.4. The van der Waals surface area contributed by atoms with E-state index in [1.165, 1.54) is 33.4 Å². The van der Waals surface area contributed by atoms with Crippen molar-refractivity contribution in [3.05, 3.63) is 165 Å². The number of ether oxygens (including phenoxy) is 4. The number of benzene rings is 4. The van der Waals surface area contributed by atoms with E-state index in [-0.39, 0.29) is 64.1 Å². The summed E-state index contributed by atoms with van der Waals surface area (Å²) in [6.07, 6.45) is 12.2. The molecule has 4 aromatic rings. The van der Waals surface area contributed by atoms with Gasteiger partial charge in [0.25, 0.3) is 11.8 Å². The SMILES string of the molecule is COC1=CC=C2[C@H]3Cc4ccc(C)c5c4[C@@]2(CCN3C(=O)c2ccccc2)[C@H]1O5.CO[C@]12C=C[C@@]3(C[C@@H]1C(C)=O)[C@H]1Cc4ccc(C)c5c4[C@@]3(CCN1C(=O)c1ccccc1)[C@H]2O5. The van der Waals surface area contributed by atoms with E-state index >= 15 is 0 Å². The molecule has 0 unspecified atom stereocenters. The number of allylic oxidation sites excluding steroid dienone is 2. The third-order valence-corrected chi connectivity index (χ3v) is 17.0. The summed E-state index contributed by atoms with van der Waals surface area (Å²) in [5.74, 6) is 2.88. The lowest BCUT2D eigenvalue weighted by molar-refractivity contribution is -0.210. The van der Waals surface area contributed by atoms with Crippen molar-refractivity contribution in [2.45, 2.75) is 93.6 Å². The summed E-state index contributed by atoms with van der Waals surface area (Å²) in [7, 11) is 3.43. The van der Waals surface area contributed by atoms with Crippen molar-refractivity contribution in [2.24, 2.45) is 11.3 Å². The van der Waals surface area contributed by atoms with Crippen molar-refractivity contribution in [3.63, 3.8) is 0 Å². The number of aryl methyl sites for hydroxylation is 2. The summed E-state index contributed by atoms with van der Waals surface area (Å²) in [6.45, 7) is 7.29. The first-order chi connectivity index (χ1) is 30.5. The maximum Gasteiger partial charge on any atom is 0.254 e. The Morgan fingerprint density at radius 3 is 2.00 bits per heavy atom. The number of carbonyl (C=O) groups is 3. The molecule has 320 valence electrons. The minimum Gasteiger partial charge on any atom is -0.497 e. The fraction of sp³-hybridized carbons (Fsp3) is 0.389. The first kappa shape index (κ1) is 38.7. The van der Waals surface area contributed by atoms with Crippen LogP contribution in [0.15, 0.2) is 121 Å². The average molecular weight is 841 g/mol. The Kier molecular flexibility index (Phi) is 8.17. The highest BCUT2D eigenvalue weighted by Gasteiger charge is 2.80. The lowest BCUT2D eigenvalue weighted by Gasteiger charge is -2.70. The number of hydrogen-bond donors (Lipinski definition) is 0. The van der Waals surface area contributed by atoms with Crippen LogP contribution >= 0.6 is 0 Å². The molecule has 9 atom stereocenters. The van der Waals surface area contributed by atoms with Gasteiger partial charge in [0.2, 0.25) is 0 Å². The lowest BCUT2D eigenvalue weighted by Crippen LogP contribution is -2.80. The van der Waals surface area contributed by atoms with Crippen LogP contribution in [0, 0.1) is 25.2 Å². The zero-order chi connectivity index (χ0) is 43.2. The van der Waals surface area contributed by atoms with Gasteiger partial charge in [0.1, 0.15) is 34.7 Å². The number of fused-ring (bicyclic) bond motifs is 1. The van der Waals surface area contributed by atoms with Crippen LogP contribution in [0.4, 0.5) is 0 Å². The van der Waals surface area contributed by atoms with Gasteiger partial charge in [0.15, 0.2) is 6.10 Å². The molecule has 6 bridgehead atoms. The lowest BCUT2D eigenvalue weighted by atomic mass is 9.37. The van der Waals surface area contributed by atoms with E-state index in [9.17, 15) is 14.4 Å². The first-order valence-electron chi connectivity index (χ1n) is 22.6. The Bertz CT molecular complexity index is 2760. The smallest absolute Gasteiger partial charge is 0.254 e. The first-order valence-corrected chi connectivity index (χ1v) is 22.6. The molecule has 3 fully saturated rings. The monoisotopic (exact) mass is 840 g/mol. The maximum atomic E-state index is 13.8. The molecule has 0 radical (unpaired) electrons. The van der Waals surface area contributed by atoms with E-state index in [2.05, 4.69) is 66.1 Å². The van der Waals surface area contributed by atoms with Crippen LogP contribution in [0.25, 0.3) is 0 Å². The van der Waals surface area contributed by atoms with Gasteiger partial charge >= 0.3 is 0 Å². The molecule has 0 N–H and O–H groups in total. The molecular formula is C54H52N2O7. The zero-order valence-electron chi connectivity index (χ0n) is 36.5. The van der Waals surface area contributed by atoms with E-state index in [0.29, 0.717) is 13.0 Å². The minimum atomic E-state index is -0.788. The van der Waals surface area contributed by atoms with Gasteiger partial charge in [-0.3, -0.25) is 14.4 Å². The van der Waals surface area contributed by atoms with Gasteiger partial charge in [-0.1, -0.05) is 78.9 Å². The predicted octanol–water partition coefficient (Wildman–Crippen LogP) is 7.95. The molecule has 2 saturated heterocycles. The molecule has 4 aromatic carbocycles. The molecule has 1 saturated carbocycles. The number of methoxy groups -OCH3 is 2. The van der Waals surface area contributed by atoms with Gasteiger partial charge in [-0.15, -0.1) is 0 Å². The molecule has 9 heteroatoms. The van der Waals surface area contributed by atoms with E-state index in [1.807, 2.05) is 66.7 Å². The van der Waals surface area contributed by atoms with Gasteiger partial charge in [-0.05, 0) is 111 Å². The summed E-state index contributed by atoms with van der Waals surface area (Å²) in [5, 5.41) is 0. The summed E-state index contributed by atoms with van der Waals surface area (Å²) in [5.41, 5.74) is 8.64. The third-order valence-electron chi connectivity index (χ3n) is 17.0. The Hall–Kier alpha value is -5.93. The molecule has 10 aliphatic rings. The van der Waals surface area contributed by atoms with Crippen LogP contribution in [0.3, 0.4) is 0 Å². The Morgan fingerprint density at radius 2 is 1.35 bits per heavy atom. The van der Waals surface area contributed by atoms with Crippen LogP contribution in [0.1, 0.15) is 80.3 Å². The summed E-state index contributed by atoms with van der Waals surface area (Å²) < 4.78 is 25.4. The van der Waals surface area contributed by atoms with Crippen molar-refractivity contribution >= 4 is 17.6 Å². The standard InChI is InChI=1S/C29H29NO4.C25H23NO3/c1-17-9-10-20-15-22-27-11-12-29(33-3,21(16-27)18(2)31)26-28(27,23(20)24(17)34-26)13-14-30(22)25(32)19-7-5-4-6-8-19;1-15-8-9-17-14-19-18-10-11-20(28-2)23-25(18,21(17)22(15)29-23)12-13-26(19)24(27)16-6-4-3-5-7-16/h4-12,21-22,26H,13-16H2,1-3H3;3-11,19,23H,12-14H2,1-2H3/t21-,22-,26-,27-,28+,29-;19-,23+,25+/m11/s1. The molecule has 4 aliphatic heterocycles. The highest BCUT2D eigenvalue weighted by Crippen LogP contribution is 2.74. The molecule has 3 spiro atoms. The number of rotatable bonds is 5. The second kappa shape index (κ2) is 13.3. The molecule has 63 heavy (non-hydrogen) atoms. The zero-order valence-corrected chi connectivity index (χ0v) is 36.5. The quantitative estimate of drug-likeness (QED) is 0.189. The van der Waals surface area contributed by atoms with Gasteiger partial charge in [-0.2, -0.15) is 0 Å². The number of nitrogens with zero attached hydrogens (tertiary/aromatic N) is 2. The molecule has 2 amide bonds. The van der Waals surface area contributed by atoms with E-state index in [1.54, 1.807) is 21.1 Å². The van der Waals surface area contributed by atoms with Crippen LogP contribution in [-0.2, 0) is 37.9 Å². The number of likely N-dealkylation sites (tertiary alicyclic amines) is 2. The topological polar surface area (TPSA) is 94.6 Å². The highest BCUT2D eigenvalue weighted by molar-refractivity contribution is 5.96. The Morgan fingerprint density at radius 1 is 0.714 bits per heavy atom. The fourth-order valence-corrected chi connectivity index (χ4v) is 14.4. The predicted molar refractivity (Wildman–Crippen MR) is 237 cm³/mol. The van der Waals surface area contributed by atoms with Gasteiger partial charge in [0, 0.05) is 53.9 Å². The molecule has 0 aromatic heterocycles. The van der Waals surface area contributed by atoms with Gasteiger partial charge in [-0.25, -0.2) is 0 Å². The number of carbonyl (C=O) groups excluding carboxylic acids is 3. The average Bonchev–Trinajstić information content (AvgIpc) is 3.86. The largest absolute Gasteiger partial charge is 0.497 e. The normalized spacial score (nSPS) is 33.4. The van der Waals surface area contributed by atoms with Crippen LogP contribution < -0.4 is 9.47 Å². The van der Waals surface area contributed by atoms with Crippen molar-refractivity contribution in [1.82, 2.24) is 9.80 Å². The van der Waals surface area contributed by atoms with Crippen LogP contribution in [-0.4, -0.2) is 84.6 Å². The summed E-state index contributed by atoms with van der Waals surface area (Å²) >= 11 is 0. The van der Waals surface area contributed by atoms with E-state index in [4.69, 9.17) is 18.9 Å². The second-order valence-corrected chi connectivity index (χ2v) is 19.3. The number of piperidine rings is 2. The van der Waals surface area contributed by atoms with Crippen molar-refractivity contribution < 1.29 is 33.3 Å². The van der Waals surface area contributed by atoms with E-state index < -0.39 is 5.60 Å². The maximum absolute atomic E-state index is 13.8. The van der Waals surface area contributed by atoms with Crippen molar-refractivity contribution in [2.75, 3.05) is 27.3 Å². The minimum absolute atomic E-state index is 0.0329. The summed E-state index contributed by atoms with van der Waals surface area (Å²) in [4.78, 5) is 44.4. The number of ketones is 1. The molecule has 6 aliphatic carbocycles. The van der Waals surface area contributed by atoms with Crippen LogP contribution in [0.5, 0.6) is 11.5 Å². The van der Waals surface area contributed by atoms with E-state index in [0.717, 1.165) is 66.2 Å². The molecule has 4 heterocycles. The molecule has 9 nitrogen and oxygen atoms in total.